The van der Waals surface area contributed by atoms with Crippen molar-refractivity contribution in [1.29, 1.82) is 0 Å². The zero-order chi connectivity index (χ0) is 34.4. The molecule has 1 aliphatic rings. The molecule has 0 fully saturated rings. The van der Waals surface area contributed by atoms with Crippen LogP contribution in [0.25, 0.3) is 27.5 Å². The number of fused-ring (bicyclic) bond motifs is 4. The maximum absolute atomic E-state index is 14.4. The number of methoxy groups -OCH3 is 3. The van der Waals surface area contributed by atoms with E-state index in [1.165, 1.54) is 25.9 Å². The lowest BCUT2D eigenvalue weighted by Crippen LogP contribution is -2.29. The summed E-state index contributed by atoms with van der Waals surface area (Å²) in [5.41, 5.74) is 2.19. The van der Waals surface area contributed by atoms with Gasteiger partial charge in [0.05, 0.1) is 56.0 Å². The van der Waals surface area contributed by atoms with Gasteiger partial charge in [-0.1, -0.05) is 47.1 Å². The summed E-state index contributed by atoms with van der Waals surface area (Å²) in [5.74, 6) is -0.129. The molecular formula is C36H27ClN4O8. The third-order valence-corrected chi connectivity index (χ3v) is 8.63. The number of hydrogen-bond acceptors (Lipinski definition) is 9. The van der Waals surface area contributed by atoms with E-state index < -0.39 is 17.4 Å². The van der Waals surface area contributed by atoms with Crippen LogP contribution in [0.1, 0.15) is 32.0 Å². The molecule has 0 bridgehead atoms. The van der Waals surface area contributed by atoms with Crippen LogP contribution in [0.15, 0.2) is 88.2 Å². The third kappa shape index (κ3) is 5.32. The van der Waals surface area contributed by atoms with Gasteiger partial charge >= 0.3 is 0 Å². The number of halogens is 1. The molecule has 49 heavy (non-hydrogen) atoms. The van der Waals surface area contributed by atoms with Crippen molar-refractivity contribution < 1.29 is 33.1 Å². The van der Waals surface area contributed by atoms with Crippen LogP contribution in [-0.2, 0) is 17.8 Å². The van der Waals surface area contributed by atoms with Crippen molar-refractivity contribution in [3.63, 3.8) is 0 Å². The molecular weight excluding hydrogens is 652 g/mol. The minimum Gasteiger partial charge on any atom is -0.493 e. The number of carbonyl (C=O) groups excluding carboxylic acids is 3. The third-order valence-electron chi connectivity index (χ3n) is 8.31. The Morgan fingerprint density at radius 3 is 2.16 bits per heavy atom. The van der Waals surface area contributed by atoms with Gasteiger partial charge in [0.2, 0.25) is 11.7 Å². The van der Waals surface area contributed by atoms with Crippen molar-refractivity contribution in [1.82, 2.24) is 14.6 Å². The zero-order valence-electron chi connectivity index (χ0n) is 26.4. The number of anilines is 1. The number of ether oxygens (including phenoxy) is 3. The molecule has 0 aliphatic carbocycles. The van der Waals surface area contributed by atoms with Gasteiger partial charge in [0.1, 0.15) is 10.9 Å². The van der Waals surface area contributed by atoms with Crippen LogP contribution in [-0.4, -0.2) is 53.7 Å². The number of pyridine rings is 1. The minimum absolute atomic E-state index is 0.0293. The maximum Gasteiger partial charge on any atom is 0.268 e. The first-order chi connectivity index (χ1) is 23.7. The predicted molar refractivity (Wildman–Crippen MR) is 181 cm³/mol. The Labute approximate surface area is 283 Å². The molecule has 6 aromatic rings. The highest BCUT2D eigenvalue weighted by Gasteiger charge is 2.37. The van der Waals surface area contributed by atoms with E-state index in [0.29, 0.717) is 50.1 Å². The van der Waals surface area contributed by atoms with Crippen LogP contribution >= 0.6 is 11.6 Å². The molecule has 0 saturated carbocycles. The summed E-state index contributed by atoms with van der Waals surface area (Å²) in [6, 6.07) is 21.8. The Morgan fingerprint density at radius 1 is 0.837 bits per heavy atom. The summed E-state index contributed by atoms with van der Waals surface area (Å²) in [5, 5.41) is 7.87. The number of carbonyl (C=O) groups is 3. The first-order valence-corrected chi connectivity index (χ1v) is 15.4. The van der Waals surface area contributed by atoms with E-state index in [2.05, 4.69) is 10.5 Å². The van der Waals surface area contributed by atoms with Crippen molar-refractivity contribution in [2.75, 3.05) is 26.6 Å². The largest absolute Gasteiger partial charge is 0.493 e. The fraction of sp³-hybridized carbons (Fsp3) is 0.139. The Balaban J connectivity index is 1.26. The number of nitrogens with zero attached hydrogens (tertiary/aromatic N) is 3. The van der Waals surface area contributed by atoms with Gasteiger partial charge in [0.15, 0.2) is 17.3 Å². The van der Waals surface area contributed by atoms with Crippen LogP contribution in [0.4, 0.5) is 5.69 Å². The molecule has 0 saturated heterocycles. The molecule has 2 aromatic heterocycles. The van der Waals surface area contributed by atoms with Crippen LogP contribution < -0.4 is 25.1 Å². The molecule has 0 spiro atoms. The second-order valence-electron chi connectivity index (χ2n) is 11.2. The smallest absolute Gasteiger partial charge is 0.268 e. The van der Waals surface area contributed by atoms with Gasteiger partial charge < -0.3 is 24.1 Å². The van der Waals surface area contributed by atoms with Crippen molar-refractivity contribution in [3.05, 3.63) is 117 Å². The number of hydrogen-bond donors (Lipinski definition) is 1. The average Bonchev–Trinajstić information content (AvgIpc) is 3.63. The van der Waals surface area contributed by atoms with Crippen molar-refractivity contribution in [2.24, 2.45) is 0 Å². The number of aromatic nitrogens is 2. The average molecular weight is 679 g/mol. The topological polar surface area (TPSA) is 142 Å². The fourth-order valence-electron chi connectivity index (χ4n) is 6.11. The van der Waals surface area contributed by atoms with Gasteiger partial charge in [-0.25, -0.2) is 0 Å². The molecule has 1 aliphatic heterocycles. The molecule has 7 rings (SSSR count). The minimum atomic E-state index is -0.503. The number of nitrogens with one attached hydrogen (secondary N) is 1. The first-order valence-electron chi connectivity index (χ1n) is 15.0. The van der Waals surface area contributed by atoms with E-state index in [-0.39, 0.29) is 46.7 Å². The Kier molecular flexibility index (Phi) is 8.01. The van der Waals surface area contributed by atoms with E-state index in [9.17, 15) is 19.2 Å². The Bertz CT molecular complexity index is 2340. The molecule has 0 unspecified atom stereocenters. The summed E-state index contributed by atoms with van der Waals surface area (Å²) < 4.78 is 23.2. The highest BCUT2D eigenvalue weighted by Crippen LogP contribution is 2.40. The van der Waals surface area contributed by atoms with E-state index in [1.54, 1.807) is 78.9 Å². The predicted octanol–water partition coefficient (Wildman–Crippen LogP) is 5.79. The molecule has 3 amide bonds. The van der Waals surface area contributed by atoms with Crippen molar-refractivity contribution >= 4 is 56.8 Å². The molecule has 13 heteroatoms. The molecule has 1 N–H and O–H groups in total. The normalized spacial score (nSPS) is 12.4. The van der Waals surface area contributed by atoms with Gasteiger partial charge in [0, 0.05) is 28.9 Å². The van der Waals surface area contributed by atoms with Crippen LogP contribution in [0.3, 0.4) is 0 Å². The summed E-state index contributed by atoms with van der Waals surface area (Å²) >= 11 is 6.68. The number of amides is 3. The van der Waals surface area contributed by atoms with E-state index in [1.807, 2.05) is 0 Å². The number of rotatable bonds is 9. The van der Waals surface area contributed by atoms with E-state index in [4.69, 9.17) is 30.3 Å². The molecule has 246 valence electrons. The van der Waals surface area contributed by atoms with E-state index in [0.717, 1.165) is 4.90 Å². The Morgan fingerprint density at radius 2 is 1.51 bits per heavy atom. The van der Waals surface area contributed by atoms with E-state index >= 15 is 0 Å². The fourth-order valence-corrected chi connectivity index (χ4v) is 6.37. The molecule has 0 radical (unpaired) electrons. The van der Waals surface area contributed by atoms with Gasteiger partial charge in [-0.2, -0.15) is 0 Å². The molecule has 4 aromatic carbocycles. The lowest BCUT2D eigenvalue weighted by atomic mass is 10.1. The van der Waals surface area contributed by atoms with Gasteiger partial charge in [0.25, 0.3) is 17.4 Å². The SMILES string of the molecule is COc1cc(NC(=O)Cc2cccc(-n3c(=O)c4c(CN5C(=O)c6ccccc6C5=O)onc4c4c(Cl)cccc43)c2)cc(OC)c1OC. The molecule has 0 atom stereocenters. The number of benzene rings is 4. The summed E-state index contributed by atoms with van der Waals surface area (Å²) in [6.45, 7) is -0.310. The van der Waals surface area contributed by atoms with Gasteiger partial charge in [-0.05, 0) is 42.0 Å². The standard InChI is InChI=1S/C36H27ClN4O8/c1-46-26-16-20(17-27(47-2)33(26)48-3)38-29(42)15-19-8-6-9-21(14-19)41-25-13-7-12-24(37)30(25)32-31(36(41)45)28(49-39-32)18-40-34(43)22-10-4-5-11-23(22)35(40)44/h4-14,16-17H,15,18H2,1-3H3,(H,38,42). The van der Waals surface area contributed by atoms with Crippen molar-refractivity contribution in [2.45, 2.75) is 13.0 Å². The highest BCUT2D eigenvalue weighted by atomic mass is 35.5. The van der Waals surface area contributed by atoms with Crippen LogP contribution in [0.2, 0.25) is 5.02 Å². The lowest BCUT2D eigenvalue weighted by Gasteiger charge is -2.15. The monoisotopic (exact) mass is 678 g/mol. The number of imide groups is 1. The summed E-state index contributed by atoms with van der Waals surface area (Å²) in [4.78, 5) is 54.8. The van der Waals surface area contributed by atoms with Crippen LogP contribution in [0.5, 0.6) is 17.2 Å². The van der Waals surface area contributed by atoms with Crippen molar-refractivity contribution in [3.8, 4) is 22.9 Å². The molecule has 3 heterocycles. The highest BCUT2D eigenvalue weighted by molar-refractivity contribution is 6.37. The second-order valence-corrected chi connectivity index (χ2v) is 11.6. The zero-order valence-corrected chi connectivity index (χ0v) is 27.2. The second kappa shape index (κ2) is 12.5. The Hall–Kier alpha value is -6.14. The van der Waals surface area contributed by atoms with Gasteiger partial charge in [-0.15, -0.1) is 0 Å². The van der Waals surface area contributed by atoms with Crippen LogP contribution in [0, 0.1) is 0 Å². The quantitative estimate of drug-likeness (QED) is 0.188. The summed E-state index contributed by atoms with van der Waals surface area (Å²) in [7, 11) is 4.46. The van der Waals surface area contributed by atoms with Gasteiger partial charge in [-0.3, -0.25) is 28.6 Å². The molecule has 12 nitrogen and oxygen atoms in total. The maximum atomic E-state index is 14.4. The lowest BCUT2D eigenvalue weighted by molar-refractivity contribution is -0.115. The summed E-state index contributed by atoms with van der Waals surface area (Å²) in [6.07, 6.45) is -0.0293. The first kappa shape index (κ1) is 31.5.